The molecule has 0 amide bonds. The summed E-state index contributed by atoms with van der Waals surface area (Å²) in [5.41, 5.74) is 0. The second-order valence-electron chi connectivity index (χ2n) is 3.05. The third kappa shape index (κ3) is 3.37. The lowest BCUT2D eigenvalue weighted by molar-refractivity contribution is 0.598. The van der Waals surface area contributed by atoms with Crippen LogP contribution in [0.2, 0.25) is 5.31 Å². The van der Waals surface area contributed by atoms with E-state index in [1.807, 2.05) is 0 Å². The van der Waals surface area contributed by atoms with Gasteiger partial charge in [0.25, 0.3) is 0 Å². The molecule has 0 aliphatic carbocycles. The Balaban J connectivity index is 3.37. The van der Waals surface area contributed by atoms with Crippen molar-refractivity contribution in [3.05, 3.63) is 0 Å². The van der Waals surface area contributed by atoms with E-state index in [4.69, 9.17) is 11.5 Å². The summed E-state index contributed by atoms with van der Waals surface area (Å²) in [6.07, 6.45) is 2.47. The highest BCUT2D eigenvalue weighted by Gasteiger charge is 2.15. The van der Waals surface area contributed by atoms with Gasteiger partial charge in [-0.1, -0.05) is 33.6 Å². The van der Waals surface area contributed by atoms with Gasteiger partial charge in [-0.15, -0.1) is 0 Å². The van der Waals surface area contributed by atoms with Crippen LogP contribution in [0.5, 0.6) is 0 Å². The molecule has 0 aliphatic rings. The van der Waals surface area contributed by atoms with E-state index in [-0.39, 0.29) is 0 Å². The Morgan fingerprint density at radius 2 is 2.00 bits per heavy atom. The molecule has 0 unspecified atom stereocenters. The molecule has 48 valence electrons. The molecule has 0 spiro atoms. The third-order valence-electron chi connectivity index (χ3n) is 1.29. The maximum atomic E-state index is 5.67. The number of hydrogen-bond donors (Lipinski definition) is 0. The minimum atomic E-state index is 0.357. The Bertz CT molecular complexity index is 61.5. The van der Waals surface area contributed by atoms with Crippen molar-refractivity contribution < 1.29 is 0 Å². The Labute approximate surface area is 57.8 Å². The molecule has 0 heterocycles. The van der Waals surface area contributed by atoms with Gasteiger partial charge >= 0.3 is 0 Å². The zero-order valence-electron chi connectivity index (χ0n) is 6.00. The van der Waals surface area contributed by atoms with Gasteiger partial charge in [0.1, 0.15) is 0 Å². The molecular weight excluding hydrogens is 118 g/mol. The van der Waals surface area contributed by atoms with Crippen molar-refractivity contribution in [1.82, 2.24) is 0 Å². The fourth-order valence-electron chi connectivity index (χ4n) is 0.744. The van der Waals surface area contributed by atoms with Crippen molar-refractivity contribution in [3.63, 3.8) is 0 Å². The van der Waals surface area contributed by atoms with Crippen LogP contribution in [-0.2, 0) is 0 Å². The quantitative estimate of drug-likeness (QED) is 0.518. The van der Waals surface area contributed by atoms with Crippen LogP contribution in [0.3, 0.4) is 0 Å². The van der Waals surface area contributed by atoms with Crippen molar-refractivity contribution in [1.29, 1.82) is 0 Å². The first-order valence-electron chi connectivity index (χ1n) is 3.18. The molecule has 0 aromatic rings. The summed E-state index contributed by atoms with van der Waals surface area (Å²) in [6.45, 7) is 7.36. The van der Waals surface area contributed by atoms with Crippen molar-refractivity contribution in [2.75, 3.05) is 0 Å². The Morgan fingerprint density at radius 1 is 1.50 bits per heavy atom. The van der Waals surface area contributed by atoms with E-state index in [9.17, 15) is 0 Å². The monoisotopic (exact) mass is 132 g/mol. The molecule has 0 rings (SSSR count). The maximum Gasteiger partial charge on any atom is 0.238 e. The molecule has 0 atom stereocenters. The van der Waals surface area contributed by atoms with Crippen LogP contribution < -0.4 is 0 Å². The van der Waals surface area contributed by atoms with Gasteiger partial charge in [-0.25, -0.2) is 11.5 Å². The molecule has 0 aromatic heterocycles. The Morgan fingerprint density at radius 3 is 2.12 bits per heavy atom. The lowest BCUT2D eigenvalue weighted by atomic mass is 9.68. The maximum absolute atomic E-state index is 5.67. The van der Waals surface area contributed by atoms with Crippen LogP contribution in [0.4, 0.5) is 0 Å². The smallest absolute Gasteiger partial charge is 0.200 e. The summed E-state index contributed by atoms with van der Waals surface area (Å²) in [5.74, 6) is 0. The number of halogens is 1. The third-order valence-corrected chi connectivity index (χ3v) is 2.01. The predicted molar refractivity (Wildman–Crippen MR) is 42.0 cm³/mol. The van der Waals surface area contributed by atoms with E-state index in [2.05, 4.69) is 20.8 Å². The molecule has 0 aliphatic heterocycles. The van der Waals surface area contributed by atoms with Crippen LogP contribution in [0.25, 0.3) is 0 Å². The molecule has 0 radical (unpaired) electrons. The largest absolute Gasteiger partial charge is 0.238 e. The van der Waals surface area contributed by atoms with Crippen molar-refractivity contribution >= 4 is 18.2 Å². The summed E-state index contributed by atoms with van der Waals surface area (Å²) in [6, 6.07) is 0. The normalized spacial score (nSPS) is 11.5. The minimum Gasteiger partial charge on any atom is -0.200 e. The van der Waals surface area contributed by atoms with Gasteiger partial charge in [0.15, 0.2) is 0 Å². The van der Waals surface area contributed by atoms with Crippen molar-refractivity contribution in [2.45, 2.75) is 38.9 Å². The summed E-state index contributed by atoms with van der Waals surface area (Å²) < 4.78 is 0. The van der Waals surface area contributed by atoms with Gasteiger partial charge in [0.05, 0.1) is 0 Å². The van der Waals surface area contributed by atoms with Gasteiger partial charge in [0.2, 0.25) is 6.69 Å². The summed E-state index contributed by atoms with van der Waals surface area (Å²) >= 11 is 5.67. The van der Waals surface area contributed by atoms with E-state index >= 15 is 0 Å². The van der Waals surface area contributed by atoms with E-state index in [1.54, 1.807) is 0 Å². The summed E-state index contributed by atoms with van der Waals surface area (Å²) in [4.78, 5) is 0. The SMILES string of the molecule is CCCC(C)(C)BCl. The molecule has 0 nitrogen and oxygen atoms in total. The molecule has 8 heavy (non-hydrogen) atoms. The lowest BCUT2D eigenvalue weighted by Gasteiger charge is -2.17. The van der Waals surface area contributed by atoms with E-state index in [1.165, 1.54) is 12.8 Å². The standard InChI is InChI=1S/C6H14BCl/c1-4-5-6(2,3)7-8/h7H,4-5H2,1-3H3. The lowest BCUT2D eigenvalue weighted by Crippen LogP contribution is -2.06. The van der Waals surface area contributed by atoms with Crippen LogP contribution in [0.1, 0.15) is 33.6 Å². The second kappa shape index (κ2) is 3.39. The first kappa shape index (κ1) is 8.35. The van der Waals surface area contributed by atoms with Crippen LogP contribution >= 0.6 is 11.5 Å². The van der Waals surface area contributed by atoms with E-state index in [0.29, 0.717) is 5.31 Å². The topological polar surface area (TPSA) is 0 Å². The molecule has 0 bridgehead atoms. The number of hydrogen-bond acceptors (Lipinski definition) is 0. The molecule has 0 saturated carbocycles. The van der Waals surface area contributed by atoms with E-state index in [0.717, 1.165) is 6.69 Å². The highest BCUT2D eigenvalue weighted by molar-refractivity contribution is 6.95. The van der Waals surface area contributed by atoms with Gasteiger partial charge in [-0.05, 0) is 5.31 Å². The fourth-order valence-corrected chi connectivity index (χ4v) is 0.877. The van der Waals surface area contributed by atoms with Crippen molar-refractivity contribution in [3.8, 4) is 0 Å². The molecule has 2 heteroatoms. The van der Waals surface area contributed by atoms with Gasteiger partial charge in [-0.2, -0.15) is 0 Å². The molecule has 0 saturated heterocycles. The molecular formula is C6H14BCl. The predicted octanol–water partition coefficient (Wildman–Crippen LogP) is 2.58. The Hall–Kier alpha value is 0.355. The summed E-state index contributed by atoms with van der Waals surface area (Å²) in [5, 5.41) is 0.357. The van der Waals surface area contributed by atoms with Gasteiger partial charge in [-0.3, -0.25) is 0 Å². The highest BCUT2D eigenvalue weighted by atomic mass is 35.5. The number of rotatable bonds is 3. The Kier molecular flexibility index (Phi) is 3.54. The van der Waals surface area contributed by atoms with Gasteiger partial charge < -0.3 is 0 Å². The molecule has 0 aromatic carbocycles. The molecule has 0 N–H and O–H groups in total. The second-order valence-corrected chi connectivity index (χ2v) is 3.32. The summed E-state index contributed by atoms with van der Waals surface area (Å²) in [7, 11) is 0. The van der Waals surface area contributed by atoms with Crippen molar-refractivity contribution in [2.24, 2.45) is 0 Å². The minimum absolute atomic E-state index is 0.357. The van der Waals surface area contributed by atoms with Crippen LogP contribution in [0, 0.1) is 0 Å². The fraction of sp³-hybridized carbons (Fsp3) is 1.00. The van der Waals surface area contributed by atoms with E-state index < -0.39 is 0 Å². The van der Waals surface area contributed by atoms with Crippen LogP contribution in [-0.4, -0.2) is 6.69 Å². The first-order valence-corrected chi connectivity index (χ1v) is 3.72. The average molecular weight is 132 g/mol. The van der Waals surface area contributed by atoms with Gasteiger partial charge in [0, 0.05) is 0 Å². The zero-order chi connectivity index (χ0) is 6.62. The highest BCUT2D eigenvalue weighted by Crippen LogP contribution is 2.29. The average Bonchev–Trinajstić information content (AvgIpc) is 1.67. The first-order chi connectivity index (χ1) is 3.62. The van der Waals surface area contributed by atoms with Crippen LogP contribution in [0.15, 0.2) is 0 Å². The zero-order valence-corrected chi connectivity index (χ0v) is 6.76. The molecule has 0 fully saturated rings.